The normalized spacial score (nSPS) is 10.7. The van der Waals surface area contributed by atoms with Gasteiger partial charge >= 0.3 is 0 Å². The maximum absolute atomic E-state index is 13.3. The minimum Gasteiger partial charge on any atom is -0.301 e. The van der Waals surface area contributed by atoms with Crippen LogP contribution in [0.25, 0.3) is 0 Å². The average Bonchev–Trinajstić information content (AvgIpc) is 2.24. The lowest BCUT2D eigenvalue weighted by atomic mass is 10.4. The molecule has 18 heavy (non-hydrogen) atoms. The summed E-state index contributed by atoms with van der Waals surface area (Å²) in [5.41, 5.74) is -0.00256. The van der Waals surface area contributed by atoms with Gasteiger partial charge in [0.25, 0.3) is 5.56 Å². The Balaban J connectivity index is 2.39. The van der Waals surface area contributed by atoms with Gasteiger partial charge in [-0.2, -0.15) is 4.39 Å². The van der Waals surface area contributed by atoms with Gasteiger partial charge in [0.2, 0.25) is 5.95 Å². The lowest BCUT2D eigenvalue weighted by Gasteiger charge is -2.02. The second-order valence-corrected chi connectivity index (χ2v) is 4.32. The lowest BCUT2D eigenvalue weighted by molar-refractivity contribution is 0.448. The lowest BCUT2D eigenvalue weighted by Crippen LogP contribution is -2.08. The summed E-state index contributed by atoms with van der Waals surface area (Å²) in [4.78, 5) is 20.5. The van der Waals surface area contributed by atoms with Gasteiger partial charge in [-0.1, -0.05) is 0 Å². The van der Waals surface area contributed by atoms with Gasteiger partial charge in [0, 0.05) is 17.8 Å². The molecule has 2 aromatic rings. The van der Waals surface area contributed by atoms with Crippen molar-refractivity contribution >= 4 is 11.8 Å². The largest absolute Gasteiger partial charge is 0.301 e. The second-order valence-electron chi connectivity index (χ2n) is 3.34. The zero-order valence-electron chi connectivity index (χ0n) is 9.00. The molecule has 8 heteroatoms. The fourth-order valence-corrected chi connectivity index (χ4v) is 2.00. The Morgan fingerprint density at radius 2 is 1.89 bits per heavy atom. The second kappa shape index (κ2) is 4.81. The van der Waals surface area contributed by atoms with Crippen LogP contribution in [0.15, 0.2) is 27.1 Å². The molecule has 4 nitrogen and oxygen atoms in total. The minimum absolute atomic E-state index is 0.0532. The van der Waals surface area contributed by atoms with E-state index in [-0.39, 0.29) is 5.16 Å². The van der Waals surface area contributed by atoms with E-state index in [1.165, 1.54) is 6.07 Å². The molecule has 0 radical (unpaired) electrons. The molecule has 0 aliphatic rings. The van der Waals surface area contributed by atoms with Gasteiger partial charge in [-0.15, -0.1) is 0 Å². The Hall–Kier alpha value is -1.83. The number of nitrogens with zero attached hydrogens (tertiary/aromatic N) is 2. The molecular weight excluding hydrogens is 267 g/mol. The third kappa shape index (κ3) is 2.70. The summed E-state index contributed by atoms with van der Waals surface area (Å²) in [6.07, 6.45) is 0. The van der Waals surface area contributed by atoms with Gasteiger partial charge in [-0.25, -0.2) is 18.7 Å². The van der Waals surface area contributed by atoms with Crippen molar-refractivity contribution in [2.24, 2.45) is 0 Å². The van der Waals surface area contributed by atoms with Gasteiger partial charge < -0.3 is 4.98 Å². The summed E-state index contributed by atoms with van der Waals surface area (Å²) >= 11 is 0.606. The number of rotatable bonds is 2. The summed E-state index contributed by atoms with van der Waals surface area (Å²) in [5.74, 6) is -3.81. The molecule has 0 aliphatic carbocycles. The van der Waals surface area contributed by atoms with E-state index in [0.29, 0.717) is 23.5 Å². The molecule has 0 unspecified atom stereocenters. The standard InChI is InChI=1S/C10H6F3N3OS/c1-4-2-7(17)15-10(14-4)18-9-6(12)3-5(11)8(13)16-9/h2-3H,1H3,(H,14,15,17). The maximum atomic E-state index is 13.3. The summed E-state index contributed by atoms with van der Waals surface area (Å²) < 4.78 is 38.8. The monoisotopic (exact) mass is 273 g/mol. The van der Waals surface area contributed by atoms with Crippen LogP contribution in [0.4, 0.5) is 13.2 Å². The number of pyridine rings is 1. The van der Waals surface area contributed by atoms with Crippen LogP contribution in [-0.4, -0.2) is 15.0 Å². The molecule has 0 spiro atoms. The summed E-state index contributed by atoms with van der Waals surface area (Å²) in [6, 6.07) is 1.64. The first kappa shape index (κ1) is 12.6. The molecule has 1 N–H and O–H groups in total. The highest BCUT2D eigenvalue weighted by atomic mass is 32.2. The third-order valence-corrected chi connectivity index (χ3v) is 2.76. The van der Waals surface area contributed by atoms with E-state index in [1.807, 2.05) is 0 Å². The van der Waals surface area contributed by atoms with E-state index in [1.54, 1.807) is 6.92 Å². The van der Waals surface area contributed by atoms with E-state index in [4.69, 9.17) is 0 Å². The predicted molar refractivity (Wildman–Crippen MR) is 57.8 cm³/mol. The van der Waals surface area contributed by atoms with Crippen LogP contribution < -0.4 is 5.56 Å². The van der Waals surface area contributed by atoms with E-state index < -0.39 is 28.2 Å². The molecule has 0 atom stereocenters. The Morgan fingerprint density at radius 1 is 1.17 bits per heavy atom. The maximum Gasteiger partial charge on any atom is 0.251 e. The van der Waals surface area contributed by atoms with E-state index in [9.17, 15) is 18.0 Å². The van der Waals surface area contributed by atoms with Gasteiger partial charge in [0.15, 0.2) is 16.8 Å². The first-order valence-corrected chi connectivity index (χ1v) is 5.54. The van der Waals surface area contributed by atoms with Crippen molar-refractivity contribution in [2.45, 2.75) is 17.1 Å². The van der Waals surface area contributed by atoms with Crippen LogP contribution in [0.3, 0.4) is 0 Å². The molecular formula is C10H6F3N3OS. The molecule has 0 bridgehead atoms. The van der Waals surface area contributed by atoms with Crippen LogP contribution in [0.1, 0.15) is 5.69 Å². The molecule has 0 saturated heterocycles. The Bertz CT molecular complexity index is 659. The molecule has 2 heterocycles. The van der Waals surface area contributed by atoms with Crippen LogP contribution in [-0.2, 0) is 0 Å². The van der Waals surface area contributed by atoms with Crippen molar-refractivity contribution in [1.29, 1.82) is 0 Å². The highest BCUT2D eigenvalue weighted by Gasteiger charge is 2.14. The quantitative estimate of drug-likeness (QED) is 0.672. The van der Waals surface area contributed by atoms with Crippen molar-refractivity contribution in [3.63, 3.8) is 0 Å². The molecule has 94 valence electrons. The summed E-state index contributed by atoms with van der Waals surface area (Å²) in [7, 11) is 0. The molecule has 0 aliphatic heterocycles. The zero-order valence-corrected chi connectivity index (χ0v) is 9.82. The van der Waals surface area contributed by atoms with Crippen molar-refractivity contribution in [3.8, 4) is 0 Å². The number of hydrogen-bond donors (Lipinski definition) is 1. The Kier molecular flexibility index (Phi) is 3.37. The number of aromatic nitrogens is 3. The topological polar surface area (TPSA) is 58.6 Å². The Labute approximate surface area is 103 Å². The number of aryl methyl sites for hydroxylation is 1. The molecule has 2 rings (SSSR count). The fraction of sp³-hybridized carbons (Fsp3) is 0.100. The number of hydrogen-bond acceptors (Lipinski definition) is 4. The van der Waals surface area contributed by atoms with Crippen LogP contribution in [0.2, 0.25) is 0 Å². The first-order chi connectivity index (χ1) is 8.45. The number of H-pyrrole nitrogens is 1. The number of aromatic amines is 1. The van der Waals surface area contributed by atoms with Gasteiger partial charge in [0.05, 0.1) is 0 Å². The predicted octanol–water partition coefficient (Wildman–Crippen LogP) is 2.04. The van der Waals surface area contributed by atoms with E-state index in [0.717, 1.165) is 0 Å². The van der Waals surface area contributed by atoms with Crippen molar-refractivity contribution < 1.29 is 13.2 Å². The van der Waals surface area contributed by atoms with Gasteiger partial charge in [-0.3, -0.25) is 4.79 Å². The molecule has 0 amide bonds. The van der Waals surface area contributed by atoms with Crippen molar-refractivity contribution in [1.82, 2.24) is 15.0 Å². The highest BCUT2D eigenvalue weighted by molar-refractivity contribution is 7.99. The van der Waals surface area contributed by atoms with Crippen LogP contribution in [0, 0.1) is 24.5 Å². The molecule has 0 fully saturated rings. The first-order valence-electron chi connectivity index (χ1n) is 4.73. The zero-order chi connectivity index (χ0) is 13.3. The van der Waals surface area contributed by atoms with Crippen LogP contribution >= 0.6 is 11.8 Å². The van der Waals surface area contributed by atoms with E-state index in [2.05, 4.69) is 15.0 Å². The van der Waals surface area contributed by atoms with Gasteiger partial charge in [0.1, 0.15) is 5.03 Å². The average molecular weight is 273 g/mol. The third-order valence-electron chi connectivity index (χ3n) is 1.90. The molecule has 0 aromatic carbocycles. The molecule has 2 aromatic heterocycles. The Morgan fingerprint density at radius 3 is 2.56 bits per heavy atom. The SMILES string of the molecule is Cc1cc(=O)[nH]c(Sc2nc(F)c(F)cc2F)n1. The number of nitrogens with one attached hydrogen (secondary N) is 1. The molecule has 0 saturated carbocycles. The highest BCUT2D eigenvalue weighted by Crippen LogP contribution is 2.25. The summed E-state index contributed by atoms with van der Waals surface area (Å²) in [5, 5.41) is -0.347. The summed E-state index contributed by atoms with van der Waals surface area (Å²) in [6.45, 7) is 1.58. The fourth-order valence-electron chi connectivity index (χ4n) is 1.19. The van der Waals surface area contributed by atoms with Crippen molar-refractivity contribution in [2.75, 3.05) is 0 Å². The minimum atomic E-state index is -1.41. The van der Waals surface area contributed by atoms with Gasteiger partial charge in [-0.05, 0) is 18.7 Å². The smallest absolute Gasteiger partial charge is 0.251 e. The number of halogens is 3. The van der Waals surface area contributed by atoms with E-state index >= 15 is 0 Å². The van der Waals surface area contributed by atoms with Crippen molar-refractivity contribution in [3.05, 3.63) is 45.8 Å². The van der Waals surface area contributed by atoms with Crippen LogP contribution in [0.5, 0.6) is 0 Å².